The van der Waals surface area contributed by atoms with Crippen LogP contribution in [0.4, 0.5) is 0 Å². The molecule has 2 aromatic heterocycles. The van der Waals surface area contributed by atoms with Crippen molar-refractivity contribution in [1.29, 1.82) is 0 Å². The summed E-state index contributed by atoms with van der Waals surface area (Å²) in [5, 5.41) is 10.9. The molecule has 1 aromatic carbocycles. The molecule has 0 atom stereocenters. The molecule has 4 heteroatoms. The smallest absolute Gasteiger partial charge is 0.335 e. The van der Waals surface area contributed by atoms with Crippen molar-refractivity contribution >= 4 is 16.7 Å². The molecule has 3 rings (SSSR count). The predicted molar refractivity (Wildman–Crippen MR) is 72.2 cm³/mol. The molecule has 2 heterocycles. The van der Waals surface area contributed by atoms with Crippen molar-refractivity contribution < 1.29 is 9.90 Å². The standard InChI is InChI=1S/C15H12N2O2/c18-15(19)12-3-4-13-9-17(10-14(13)6-12)8-11-2-1-5-16-7-11/h1-7,9-10H,8H2,(H,18,19). The third-order valence-electron chi connectivity index (χ3n) is 3.03. The first-order chi connectivity index (χ1) is 9.22. The molecule has 19 heavy (non-hydrogen) atoms. The minimum absolute atomic E-state index is 0.312. The summed E-state index contributed by atoms with van der Waals surface area (Å²) in [4.78, 5) is 15.0. The number of carbonyl (C=O) groups is 1. The van der Waals surface area contributed by atoms with Crippen LogP contribution in [0.15, 0.2) is 55.1 Å². The molecule has 3 aromatic rings. The number of rotatable bonds is 3. The molecular formula is C15H12N2O2. The number of carboxylic acids is 1. The summed E-state index contributed by atoms with van der Waals surface area (Å²) in [6.45, 7) is 0.727. The van der Waals surface area contributed by atoms with Crippen LogP contribution in [0.3, 0.4) is 0 Å². The Hall–Kier alpha value is -2.62. The second-order valence-corrected chi connectivity index (χ2v) is 4.44. The molecular weight excluding hydrogens is 240 g/mol. The van der Waals surface area contributed by atoms with Gasteiger partial charge in [0.25, 0.3) is 0 Å². The monoisotopic (exact) mass is 252 g/mol. The van der Waals surface area contributed by atoms with Gasteiger partial charge >= 0.3 is 5.97 Å². The third kappa shape index (κ3) is 2.33. The van der Waals surface area contributed by atoms with Crippen molar-refractivity contribution in [2.45, 2.75) is 6.54 Å². The van der Waals surface area contributed by atoms with Crippen LogP contribution in [-0.4, -0.2) is 20.6 Å². The van der Waals surface area contributed by atoms with Crippen LogP contribution >= 0.6 is 0 Å². The van der Waals surface area contributed by atoms with E-state index in [1.54, 1.807) is 18.3 Å². The van der Waals surface area contributed by atoms with Crippen molar-refractivity contribution in [3.8, 4) is 0 Å². The lowest BCUT2D eigenvalue weighted by Gasteiger charge is -2.01. The van der Waals surface area contributed by atoms with Crippen LogP contribution in [0.25, 0.3) is 10.8 Å². The Labute approximate surface area is 109 Å². The molecule has 0 saturated heterocycles. The van der Waals surface area contributed by atoms with Gasteiger partial charge < -0.3 is 9.67 Å². The van der Waals surface area contributed by atoms with E-state index in [-0.39, 0.29) is 0 Å². The lowest BCUT2D eigenvalue weighted by molar-refractivity contribution is 0.0697. The summed E-state index contributed by atoms with van der Waals surface area (Å²) in [6, 6.07) is 9.07. The number of aromatic carboxylic acids is 1. The molecule has 0 saturated carbocycles. The molecule has 1 N–H and O–H groups in total. The second kappa shape index (κ2) is 4.57. The average molecular weight is 252 g/mol. The number of pyridine rings is 1. The maximum Gasteiger partial charge on any atom is 0.335 e. The number of carboxylic acid groups (broad SMARTS) is 1. The Balaban J connectivity index is 1.95. The van der Waals surface area contributed by atoms with Crippen molar-refractivity contribution in [3.05, 3.63) is 66.2 Å². The van der Waals surface area contributed by atoms with Gasteiger partial charge in [0.05, 0.1) is 5.56 Å². The van der Waals surface area contributed by atoms with Gasteiger partial charge in [-0.05, 0) is 29.1 Å². The van der Waals surface area contributed by atoms with Gasteiger partial charge in [0, 0.05) is 36.7 Å². The van der Waals surface area contributed by atoms with Crippen LogP contribution in [-0.2, 0) is 6.54 Å². The quantitative estimate of drug-likeness (QED) is 0.779. The SMILES string of the molecule is O=C(O)c1ccc2cn(Cc3cccnc3)cc2c1. The number of benzene rings is 1. The molecule has 0 aliphatic carbocycles. The van der Waals surface area contributed by atoms with E-state index in [4.69, 9.17) is 5.11 Å². The zero-order valence-electron chi connectivity index (χ0n) is 10.2. The third-order valence-corrected chi connectivity index (χ3v) is 3.03. The van der Waals surface area contributed by atoms with Gasteiger partial charge in [-0.15, -0.1) is 0 Å². The fourth-order valence-corrected chi connectivity index (χ4v) is 2.13. The van der Waals surface area contributed by atoms with Gasteiger partial charge in [0.15, 0.2) is 0 Å². The van der Waals surface area contributed by atoms with Crippen molar-refractivity contribution in [2.75, 3.05) is 0 Å². The first-order valence-corrected chi connectivity index (χ1v) is 5.94. The van der Waals surface area contributed by atoms with Crippen molar-refractivity contribution in [2.24, 2.45) is 0 Å². The summed E-state index contributed by atoms with van der Waals surface area (Å²) < 4.78 is 2.04. The highest BCUT2D eigenvalue weighted by Crippen LogP contribution is 2.18. The normalized spacial score (nSPS) is 10.7. The van der Waals surface area contributed by atoms with Crippen LogP contribution in [0, 0.1) is 0 Å². The molecule has 0 bridgehead atoms. The largest absolute Gasteiger partial charge is 0.478 e. The molecule has 0 radical (unpaired) electrons. The van der Waals surface area contributed by atoms with E-state index in [9.17, 15) is 4.79 Å². The fourth-order valence-electron chi connectivity index (χ4n) is 2.13. The molecule has 0 amide bonds. The highest BCUT2D eigenvalue weighted by Gasteiger charge is 2.05. The summed E-state index contributed by atoms with van der Waals surface area (Å²) >= 11 is 0. The molecule has 0 aliphatic heterocycles. The van der Waals surface area contributed by atoms with E-state index in [2.05, 4.69) is 4.98 Å². The van der Waals surface area contributed by atoms with E-state index < -0.39 is 5.97 Å². The number of nitrogens with zero attached hydrogens (tertiary/aromatic N) is 2. The van der Waals surface area contributed by atoms with Gasteiger partial charge in [0.1, 0.15) is 0 Å². The molecule has 94 valence electrons. The predicted octanol–water partition coefficient (Wildman–Crippen LogP) is 2.78. The van der Waals surface area contributed by atoms with Crippen LogP contribution < -0.4 is 0 Å². The summed E-state index contributed by atoms with van der Waals surface area (Å²) in [7, 11) is 0. The maximum atomic E-state index is 10.9. The van der Waals surface area contributed by atoms with Crippen LogP contribution in [0.5, 0.6) is 0 Å². The minimum atomic E-state index is -0.901. The zero-order chi connectivity index (χ0) is 13.2. The number of fused-ring (bicyclic) bond motifs is 1. The fraction of sp³-hybridized carbons (Fsp3) is 0.0667. The number of aromatic nitrogens is 2. The number of hydrogen-bond acceptors (Lipinski definition) is 2. The number of hydrogen-bond donors (Lipinski definition) is 1. The minimum Gasteiger partial charge on any atom is -0.478 e. The van der Waals surface area contributed by atoms with Gasteiger partial charge in [-0.3, -0.25) is 4.98 Å². The highest BCUT2D eigenvalue weighted by atomic mass is 16.4. The van der Waals surface area contributed by atoms with E-state index >= 15 is 0 Å². The first kappa shape index (κ1) is 11.5. The lowest BCUT2D eigenvalue weighted by Crippen LogP contribution is -1.95. The van der Waals surface area contributed by atoms with Crippen molar-refractivity contribution in [1.82, 2.24) is 9.55 Å². The maximum absolute atomic E-state index is 10.9. The Morgan fingerprint density at radius 2 is 2.05 bits per heavy atom. The molecule has 0 spiro atoms. The summed E-state index contributed by atoms with van der Waals surface area (Å²) in [5.74, 6) is -0.901. The van der Waals surface area contributed by atoms with E-state index in [1.807, 2.05) is 41.4 Å². The Morgan fingerprint density at radius 1 is 1.21 bits per heavy atom. The molecule has 0 fully saturated rings. The van der Waals surface area contributed by atoms with E-state index in [0.29, 0.717) is 5.56 Å². The van der Waals surface area contributed by atoms with Crippen molar-refractivity contribution in [3.63, 3.8) is 0 Å². The second-order valence-electron chi connectivity index (χ2n) is 4.44. The Kier molecular flexibility index (Phi) is 2.76. The van der Waals surface area contributed by atoms with Gasteiger partial charge in [-0.25, -0.2) is 4.79 Å². The summed E-state index contributed by atoms with van der Waals surface area (Å²) in [5.41, 5.74) is 1.42. The highest BCUT2D eigenvalue weighted by molar-refractivity contribution is 5.94. The van der Waals surface area contributed by atoms with Gasteiger partial charge in [0.2, 0.25) is 0 Å². The van der Waals surface area contributed by atoms with E-state index in [0.717, 1.165) is 22.9 Å². The van der Waals surface area contributed by atoms with Crippen LogP contribution in [0.1, 0.15) is 15.9 Å². The topological polar surface area (TPSA) is 55.1 Å². The Morgan fingerprint density at radius 3 is 2.79 bits per heavy atom. The zero-order valence-corrected chi connectivity index (χ0v) is 10.2. The molecule has 4 nitrogen and oxygen atoms in total. The summed E-state index contributed by atoms with van der Waals surface area (Å²) in [6.07, 6.45) is 7.53. The lowest BCUT2D eigenvalue weighted by atomic mass is 10.1. The van der Waals surface area contributed by atoms with E-state index in [1.165, 1.54) is 0 Å². The van der Waals surface area contributed by atoms with Gasteiger partial charge in [-0.1, -0.05) is 12.1 Å². The first-order valence-electron chi connectivity index (χ1n) is 5.94. The molecule has 0 aliphatic rings. The van der Waals surface area contributed by atoms with Gasteiger partial charge in [-0.2, -0.15) is 0 Å². The molecule has 0 unspecified atom stereocenters. The van der Waals surface area contributed by atoms with Crippen LogP contribution in [0.2, 0.25) is 0 Å². The Bertz CT molecular complexity index is 732. The average Bonchev–Trinajstić information content (AvgIpc) is 2.80.